The molecule has 0 saturated carbocycles. The van der Waals surface area contributed by atoms with Gasteiger partial charge in [-0.2, -0.15) is 5.53 Å². The van der Waals surface area contributed by atoms with Crippen molar-refractivity contribution < 1.29 is 14.3 Å². The van der Waals surface area contributed by atoms with Crippen LogP contribution in [0.2, 0.25) is 0 Å². The maximum Gasteiger partial charge on any atom is 0.274 e. The van der Waals surface area contributed by atoms with Crippen LogP contribution < -0.4 is 16.1 Å². The zero-order chi connectivity index (χ0) is 25.6. The molecule has 5 rings (SSSR count). The van der Waals surface area contributed by atoms with E-state index < -0.39 is 5.91 Å². The number of rotatable bonds is 8. The number of hydrogen-bond donors (Lipinski definition) is 4. The Labute approximate surface area is 214 Å². The molecule has 37 heavy (non-hydrogen) atoms. The minimum atomic E-state index is -0.510. The number of nitrogens with zero attached hydrogens (tertiary/aromatic N) is 5. The van der Waals surface area contributed by atoms with Gasteiger partial charge in [0.25, 0.3) is 5.91 Å². The summed E-state index contributed by atoms with van der Waals surface area (Å²) in [4.78, 5) is 30.2. The zero-order valence-electron chi connectivity index (χ0n) is 20.6. The summed E-state index contributed by atoms with van der Waals surface area (Å²) in [7, 11) is 0. The normalized spacial score (nSPS) is 17.6. The number of morpholine rings is 2. The first kappa shape index (κ1) is 24.8. The standard InChI is InChI=1S/C25H31N9O3/c26-15-17(16-28-3-4-33-5-9-36-10-6-33)21-14-20(25(35)31-32-27)24-23(29-21)19-2-1-18(13-22(19)30-24)34-7-11-37-12-8-34/h1-2,13-16,30H,3-12,26H2,(H2,27,31,35). The summed E-state index contributed by atoms with van der Waals surface area (Å²) in [6, 6.07) is 7.77. The summed E-state index contributed by atoms with van der Waals surface area (Å²) in [5, 5.41) is 3.95. The highest BCUT2D eigenvalue weighted by molar-refractivity contribution is 6.16. The number of anilines is 1. The smallest absolute Gasteiger partial charge is 0.274 e. The summed E-state index contributed by atoms with van der Waals surface area (Å²) < 4.78 is 10.9. The van der Waals surface area contributed by atoms with Crippen LogP contribution in [0.3, 0.4) is 0 Å². The van der Waals surface area contributed by atoms with Gasteiger partial charge in [0.2, 0.25) is 0 Å². The summed E-state index contributed by atoms with van der Waals surface area (Å²) in [5.41, 5.74) is 19.8. The lowest BCUT2D eigenvalue weighted by atomic mass is 10.1. The lowest BCUT2D eigenvalue weighted by molar-refractivity contribution is 0.0395. The number of fused-ring (bicyclic) bond motifs is 3. The van der Waals surface area contributed by atoms with Crippen molar-refractivity contribution in [2.24, 2.45) is 15.9 Å². The lowest BCUT2D eigenvalue weighted by Gasteiger charge is -2.28. The van der Waals surface area contributed by atoms with Crippen molar-refractivity contribution in [1.82, 2.24) is 20.3 Å². The molecule has 2 fully saturated rings. The molecular weight excluding hydrogens is 474 g/mol. The Kier molecular flexibility index (Phi) is 7.68. The molecule has 1 aromatic carbocycles. The molecule has 0 unspecified atom stereocenters. The molecular formula is C25H31N9O3. The van der Waals surface area contributed by atoms with E-state index in [0.717, 1.165) is 62.5 Å². The topological polar surface area (TPSA) is 157 Å². The minimum Gasteiger partial charge on any atom is -0.404 e. The Morgan fingerprint density at radius 1 is 1.16 bits per heavy atom. The molecule has 0 bridgehead atoms. The molecule has 2 aromatic heterocycles. The van der Waals surface area contributed by atoms with Crippen LogP contribution in [0.4, 0.5) is 5.69 Å². The van der Waals surface area contributed by atoms with E-state index in [9.17, 15) is 4.79 Å². The molecule has 0 aliphatic carbocycles. The highest BCUT2D eigenvalue weighted by Crippen LogP contribution is 2.31. The number of amides is 1. The fraction of sp³-hybridized carbons (Fsp3) is 0.400. The van der Waals surface area contributed by atoms with Gasteiger partial charge in [0.15, 0.2) is 0 Å². The molecule has 3 aromatic rings. The van der Waals surface area contributed by atoms with Crippen LogP contribution in [-0.4, -0.2) is 92.7 Å². The molecule has 0 atom stereocenters. The first-order chi connectivity index (χ1) is 18.2. The van der Waals surface area contributed by atoms with Crippen LogP contribution in [0.5, 0.6) is 0 Å². The second-order valence-electron chi connectivity index (χ2n) is 8.90. The molecule has 5 N–H and O–H groups in total. The number of allylic oxidation sites excluding steroid dienone is 1. The third-order valence-electron chi connectivity index (χ3n) is 6.67. The van der Waals surface area contributed by atoms with E-state index in [1.54, 1.807) is 12.3 Å². The molecule has 2 aliphatic rings. The monoisotopic (exact) mass is 505 g/mol. The van der Waals surface area contributed by atoms with Crippen LogP contribution >= 0.6 is 0 Å². The molecule has 12 heteroatoms. The Hall–Kier alpha value is -3.87. The van der Waals surface area contributed by atoms with Gasteiger partial charge >= 0.3 is 0 Å². The average molecular weight is 506 g/mol. The van der Waals surface area contributed by atoms with Crippen molar-refractivity contribution >= 4 is 45.3 Å². The van der Waals surface area contributed by atoms with Gasteiger partial charge in [-0.25, -0.2) is 10.4 Å². The minimum absolute atomic E-state index is 0.321. The molecule has 2 saturated heterocycles. The van der Waals surface area contributed by atoms with Crippen molar-refractivity contribution in [2.45, 2.75) is 0 Å². The number of nitrogens with two attached hydrogens (primary N) is 1. The molecule has 0 radical (unpaired) electrons. The SMILES string of the molecule is N=NNC(=O)c1cc(C(C=NCCN2CCOCC2)=CN)nc2c1[nH]c1cc(N3CCOCC3)ccc12. The third kappa shape index (κ3) is 5.45. The van der Waals surface area contributed by atoms with Gasteiger partial charge in [-0.3, -0.25) is 14.7 Å². The van der Waals surface area contributed by atoms with Crippen LogP contribution in [0.1, 0.15) is 16.1 Å². The molecule has 4 heterocycles. The zero-order valence-corrected chi connectivity index (χ0v) is 20.6. The summed E-state index contributed by atoms with van der Waals surface area (Å²) >= 11 is 0. The van der Waals surface area contributed by atoms with Crippen LogP contribution in [0.25, 0.3) is 27.5 Å². The fourth-order valence-electron chi connectivity index (χ4n) is 4.68. The van der Waals surface area contributed by atoms with Crippen molar-refractivity contribution in [2.75, 3.05) is 70.6 Å². The van der Waals surface area contributed by atoms with Gasteiger partial charge in [-0.15, -0.1) is 0 Å². The first-order valence-electron chi connectivity index (χ1n) is 12.4. The van der Waals surface area contributed by atoms with E-state index in [1.165, 1.54) is 6.20 Å². The van der Waals surface area contributed by atoms with Crippen LogP contribution in [0, 0.1) is 5.53 Å². The number of ether oxygens (including phenoxy) is 2. The van der Waals surface area contributed by atoms with Crippen molar-refractivity contribution in [1.29, 1.82) is 5.53 Å². The first-order valence-corrected chi connectivity index (χ1v) is 12.4. The molecule has 0 spiro atoms. The second kappa shape index (κ2) is 11.5. The lowest BCUT2D eigenvalue weighted by Crippen LogP contribution is -2.37. The Morgan fingerprint density at radius 3 is 2.65 bits per heavy atom. The third-order valence-corrected chi connectivity index (χ3v) is 6.67. The van der Waals surface area contributed by atoms with Gasteiger partial charge in [0, 0.05) is 61.8 Å². The predicted octanol–water partition coefficient (Wildman–Crippen LogP) is 1.93. The molecule has 2 aliphatic heterocycles. The fourth-order valence-corrected chi connectivity index (χ4v) is 4.68. The number of benzene rings is 1. The van der Waals surface area contributed by atoms with Gasteiger partial charge < -0.3 is 25.1 Å². The molecule has 12 nitrogen and oxygen atoms in total. The van der Waals surface area contributed by atoms with E-state index in [-0.39, 0.29) is 0 Å². The number of aromatic nitrogens is 2. The van der Waals surface area contributed by atoms with Gasteiger partial charge in [-0.05, 0) is 24.3 Å². The number of hydrogen-bond acceptors (Lipinski definition) is 10. The highest BCUT2D eigenvalue weighted by Gasteiger charge is 2.20. The number of carbonyl (C=O) groups is 1. The van der Waals surface area contributed by atoms with E-state index >= 15 is 0 Å². The molecule has 1 amide bonds. The van der Waals surface area contributed by atoms with Crippen molar-refractivity contribution in [3.8, 4) is 0 Å². The van der Waals surface area contributed by atoms with E-state index in [4.69, 9.17) is 25.7 Å². The Morgan fingerprint density at radius 2 is 1.92 bits per heavy atom. The van der Waals surface area contributed by atoms with E-state index in [1.807, 2.05) is 6.07 Å². The van der Waals surface area contributed by atoms with Gasteiger partial charge in [0.1, 0.15) is 0 Å². The van der Waals surface area contributed by atoms with E-state index in [2.05, 4.69) is 42.6 Å². The Bertz CT molecular complexity index is 1340. The summed E-state index contributed by atoms with van der Waals surface area (Å²) in [6.45, 7) is 7.77. The number of carbonyl (C=O) groups excluding carboxylic acids is 1. The number of pyridine rings is 1. The van der Waals surface area contributed by atoms with Gasteiger partial charge in [-0.1, -0.05) is 5.22 Å². The second-order valence-corrected chi connectivity index (χ2v) is 8.90. The number of aromatic amines is 1. The number of H-pyrrole nitrogens is 1. The summed E-state index contributed by atoms with van der Waals surface area (Å²) in [5.74, 6) is -0.510. The average Bonchev–Trinajstić information content (AvgIpc) is 3.31. The van der Waals surface area contributed by atoms with E-state index in [0.29, 0.717) is 47.6 Å². The maximum atomic E-state index is 12.9. The largest absolute Gasteiger partial charge is 0.404 e. The van der Waals surface area contributed by atoms with Crippen molar-refractivity contribution in [3.63, 3.8) is 0 Å². The van der Waals surface area contributed by atoms with Gasteiger partial charge in [0.05, 0.1) is 60.8 Å². The van der Waals surface area contributed by atoms with Crippen molar-refractivity contribution in [3.05, 3.63) is 41.7 Å². The Balaban J connectivity index is 1.48. The van der Waals surface area contributed by atoms with Crippen LogP contribution in [-0.2, 0) is 9.47 Å². The predicted molar refractivity (Wildman–Crippen MR) is 142 cm³/mol. The summed E-state index contributed by atoms with van der Waals surface area (Å²) in [6.07, 6.45) is 3.13. The van der Waals surface area contributed by atoms with Crippen LogP contribution in [0.15, 0.2) is 40.7 Å². The number of aliphatic imine (C=N–C) groups is 1. The maximum absolute atomic E-state index is 12.9. The quantitative estimate of drug-likeness (QED) is 0.207. The molecule has 194 valence electrons. The number of nitrogens with one attached hydrogen (secondary N) is 3. The highest BCUT2D eigenvalue weighted by atomic mass is 16.5.